The molecule has 1 N–H and O–H groups in total. The van der Waals surface area contributed by atoms with E-state index in [1.807, 2.05) is 24.3 Å². The highest BCUT2D eigenvalue weighted by Gasteiger charge is 2.17. The van der Waals surface area contributed by atoms with Crippen LogP contribution in [0.2, 0.25) is 0 Å². The molecule has 1 unspecified atom stereocenters. The molecule has 98 valence electrons. The van der Waals surface area contributed by atoms with Gasteiger partial charge in [0.15, 0.2) is 0 Å². The van der Waals surface area contributed by atoms with E-state index in [1.165, 1.54) is 0 Å². The lowest BCUT2D eigenvalue weighted by Gasteiger charge is -2.17. The summed E-state index contributed by atoms with van der Waals surface area (Å²) >= 11 is 0. The van der Waals surface area contributed by atoms with Crippen LogP contribution in [0.1, 0.15) is 23.2 Å². The fourth-order valence-corrected chi connectivity index (χ4v) is 2.09. The van der Waals surface area contributed by atoms with Crippen LogP contribution in [0.5, 0.6) is 0 Å². The second-order valence-corrected chi connectivity index (χ2v) is 4.76. The second-order valence-electron chi connectivity index (χ2n) is 4.76. The Morgan fingerprint density at radius 3 is 2.89 bits per heavy atom. The molecule has 1 aromatic rings. The van der Waals surface area contributed by atoms with Gasteiger partial charge in [-0.3, -0.25) is 4.79 Å². The molecule has 0 aliphatic carbocycles. The van der Waals surface area contributed by atoms with Crippen molar-refractivity contribution >= 4 is 11.6 Å². The number of benzene rings is 1. The average molecular weight is 248 g/mol. The van der Waals surface area contributed by atoms with Crippen LogP contribution in [0.4, 0.5) is 5.69 Å². The predicted octanol–water partition coefficient (Wildman–Crippen LogP) is 1.98. The number of nitrogens with zero attached hydrogens (tertiary/aromatic N) is 1. The molecule has 0 bridgehead atoms. The first-order chi connectivity index (χ1) is 8.68. The van der Waals surface area contributed by atoms with Gasteiger partial charge in [0.2, 0.25) is 0 Å². The highest BCUT2D eigenvalue weighted by Crippen LogP contribution is 2.18. The first-order valence-corrected chi connectivity index (χ1v) is 6.34. The van der Waals surface area contributed by atoms with Crippen molar-refractivity contribution in [2.75, 3.05) is 32.6 Å². The first kappa shape index (κ1) is 12.9. The van der Waals surface area contributed by atoms with Crippen LogP contribution in [-0.4, -0.2) is 44.2 Å². The number of nitrogens with one attached hydrogen (secondary N) is 1. The summed E-state index contributed by atoms with van der Waals surface area (Å²) in [7, 11) is 3.53. The maximum absolute atomic E-state index is 12.0. The first-order valence-electron chi connectivity index (χ1n) is 6.34. The number of carbonyl (C=O) groups excluding carboxylic acids is 1. The third-order valence-corrected chi connectivity index (χ3v) is 3.11. The lowest BCUT2D eigenvalue weighted by molar-refractivity contribution is 0.0828. The largest absolute Gasteiger partial charge is 0.382 e. The molecule has 1 atom stereocenters. The molecule has 4 nitrogen and oxygen atoms in total. The van der Waals surface area contributed by atoms with Gasteiger partial charge in [-0.1, -0.05) is 12.1 Å². The average Bonchev–Trinajstić information content (AvgIpc) is 2.89. The summed E-state index contributed by atoms with van der Waals surface area (Å²) in [6.07, 6.45) is 2.49. The van der Waals surface area contributed by atoms with Crippen LogP contribution < -0.4 is 5.32 Å². The minimum absolute atomic E-state index is 0.0189. The summed E-state index contributed by atoms with van der Waals surface area (Å²) in [5, 5.41) is 3.32. The summed E-state index contributed by atoms with van der Waals surface area (Å²) in [4.78, 5) is 13.6. The van der Waals surface area contributed by atoms with Crippen LogP contribution in [0.25, 0.3) is 0 Å². The standard InChI is InChI=1S/C14H20N2O2/c1-16(2)14(17)12-7-3-4-8-13(12)15-10-11-6-5-9-18-11/h3-4,7-8,11,15H,5-6,9-10H2,1-2H3. The molecular weight excluding hydrogens is 228 g/mol. The molecule has 2 rings (SSSR count). The maximum Gasteiger partial charge on any atom is 0.255 e. The van der Waals surface area contributed by atoms with Gasteiger partial charge in [-0.2, -0.15) is 0 Å². The van der Waals surface area contributed by atoms with Gasteiger partial charge < -0.3 is 15.0 Å². The zero-order valence-corrected chi connectivity index (χ0v) is 11.0. The third-order valence-electron chi connectivity index (χ3n) is 3.11. The third kappa shape index (κ3) is 3.01. The van der Waals surface area contributed by atoms with Crippen molar-refractivity contribution in [1.82, 2.24) is 4.90 Å². The Balaban J connectivity index is 2.04. The molecule has 1 aliphatic rings. The fourth-order valence-electron chi connectivity index (χ4n) is 2.09. The SMILES string of the molecule is CN(C)C(=O)c1ccccc1NCC1CCCO1. The van der Waals surface area contributed by atoms with E-state index in [0.717, 1.165) is 31.7 Å². The van der Waals surface area contributed by atoms with Gasteiger partial charge in [0.1, 0.15) is 0 Å². The number of hydrogen-bond donors (Lipinski definition) is 1. The van der Waals surface area contributed by atoms with Gasteiger partial charge in [0.05, 0.1) is 11.7 Å². The molecule has 0 aromatic heterocycles. The molecular formula is C14H20N2O2. The van der Waals surface area contributed by atoms with Crippen LogP contribution >= 0.6 is 0 Å². The van der Waals surface area contributed by atoms with Gasteiger partial charge >= 0.3 is 0 Å². The fraction of sp³-hybridized carbons (Fsp3) is 0.500. The van der Waals surface area contributed by atoms with E-state index in [2.05, 4.69) is 5.32 Å². The Labute approximate surface area is 108 Å². The molecule has 1 fully saturated rings. The Morgan fingerprint density at radius 1 is 1.44 bits per heavy atom. The zero-order chi connectivity index (χ0) is 13.0. The van der Waals surface area contributed by atoms with Crippen molar-refractivity contribution in [2.24, 2.45) is 0 Å². The molecule has 1 saturated heterocycles. The predicted molar refractivity (Wildman–Crippen MR) is 71.9 cm³/mol. The van der Waals surface area contributed by atoms with E-state index in [0.29, 0.717) is 5.56 Å². The monoisotopic (exact) mass is 248 g/mol. The lowest BCUT2D eigenvalue weighted by Crippen LogP contribution is -2.24. The van der Waals surface area contributed by atoms with Crippen molar-refractivity contribution in [3.8, 4) is 0 Å². The number of anilines is 1. The van der Waals surface area contributed by atoms with E-state index in [1.54, 1.807) is 19.0 Å². The van der Waals surface area contributed by atoms with Gasteiger partial charge in [0.25, 0.3) is 5.91 Å². The highest BCUT2D eigenvalue weighted by molar-refractivity contribution is 5.99. The van der Waals surface area contributed by atoms with Crippen LogP contribution in [-0.2, 0) is 4.74 Å². The molecule has 1 aromatic carbocycles. The number of hydrogen-bond acceptors (Lipinski definition) is 3. The smallest absolute Gasteiger partial charge is 0.255 e. The molecule has 1 heterocycles. The second kappa shape index (κ2) is 5.87. The lowest BCUT2D eigenvalue weighted by atomic mass is 10.1. The molecule has 0 saturated carbocycles. The van der Waals surface area contributed by atoms with E-state index < -0.39 is 0 Å². The number of rotatable bonds is 4. The summed E-state index contributed by atoms with van der Waals surface area (Å²) in [6.45, 7) is 1.61. The van der Waals surface area contributed by atoms with E-state index in [4.69, 9.17) is 4.74 Å². The summed E-state index contributed by atoms with van der Waals surface area (Å²) in [6, 6.07) is 7.60. The van der Waals surface area contributed by atoms with E-state index >= 15 is 0 Å². The van der Waals surface area contributed by atoms with Gasteiger partial charge in [0, 0.05) is 32.9 Å². The molecule has 18 heavy (non-hydrogen) atoms. The molecule has 1 amide bonds. The summed E-state index contributed by atoms with van der Waals surface area (Å²) in [5.74, 6) is 0.0189. The van der Waals surface area contributed by atoms with E-state index in [9.17, 15) is 4.79 Å². The quantitative estimate of drug-likeness (QED) is 0.886. The van der Waals surface area contributed by atoms with Crippen LogP contribution in [0, 0.1) is 0 Å². The number of amides is 1. The minimum Gasteiger partial charge on any atom is -0.382 e. The Hall–Kier alpha value is -1.55. The van der Waals surface area contributed by atoms with Crippen LogP contribution in [0.3, 0.4) is 0 Å². The summed E-state index contributed by atoms with van der Waals surface area (Å²) < 4.78 is 5.56. The Kier molecular flexibility index (Phi) is 4.20. The van der Waals surface area contributed by atoms with Crippen molar-refractivity contribution in [3.05, 3.63) is 29.8 Å². The number of ether oxygens (including phenoxy) is 1. The number of carbonyl (C=O) groups is 1. The van der Waals surface area contributed by atoms with E-state index in [-0.39, 0.29) is 12.0 Å². The minimum atomic E-state index is 0.0189. The zero-order valence-electron chi connectivity index (χ0n) is 11.0. The van der Waals surface area contributed by atoms with Crippen molar-refractivity contribution in [2.45, 2.75) is 18.9 Å². The molecule has 0 spiro atoms. The normalized spacial score (nSPS) is 18.7. The molecule has 1 aliphatic heterocycles. The van der Waals surface area contributed by atoms with Crippen LogP contribution in [0.15, 0.2) is 24.3 Å². The van der Waals surface area contributed by atoms with Crippen molar-refractivity contribution in [1.29, 1.82) is 0 Å². The Morgan fingerprint density at radius 2 is 2.22 bits per heavy atom. The van der Waals surface area contributed by atoms with Crippen molar-refractivity contribution in [3.63, 3.8) is 0 Å². The maximum atomic E-state index is 12.0. The van der Waals surface area contributed by atoms with Gasteiger partial charge in [-0.25, -0.2) is 0 Å². The molecule has 4 heteroatoms. The Bertz CT molecular complexity index is 412. The van der Waals surface area contributed by atoms with Crippen molar-refractivity contribution < 1.29 is 9.53 Å². The summed E-state index contributed by atoms with van der Waals surface area (Å²) in [5.41, 5.74) is 1.59. The van der Waals surface area contributed by atoms with Gasteiger partial charge in [-0.15, -0.1) is 0 Å². The van der Waals surface area contributed by atoms with Gasteiger partial charge in [-0.05, 0) is 25.0 Å². The number of para-hydroxylation sites is 1. The molecule has 0 radical (unpaired) electrons. The highest BCUT2D eigenvalue weighted by atomic mass is 16.5. The topological polar surface area (TPSA) is 41.6 Å².